The topological polar surface area (TPSA) is 51.7 Å². The molecule has 2 heterocycles. The van der Waals surface area contributed by atoms with E-state index < -0.39 is 0 Å². The van der Waals surface area contributed by atoms with Gasteiger partial charge in [0.25, 0.3) is 0 Å². The van der Waals surface area contributed by atoms with Gasteiger partial charge in [-0.1, -0.05) is 0 Å². The molecule has 5 heteroatoms. The fourth-order valence-corrected chi connectivity index (χ4v) is 2.52. The Labute approximate surface area is 113 Å². The number of nitrogens with zero attached hydrogens (tertiary/aromatic N) is 2. The second-order valence-electron chi connectivity index (χ2n) is 4.65. The molecule has 2 rings (SSSR count). The average Bonchev–Trinajstić information content (AvgIpc) is 2.47. The Hall–Kier alpha value is -1.78. The molecule has 0 radical (unpaired) electrons. The molecule has 1 aromatic rings. The van der Waals surface area contributed by atoms with E-state index in [-0.39, 0.29) is 12.0 Å². The third-order valence-corrected chi connectivity index (χ3v) is 3.50. The number of ether oxygens (including phenoxy) is 2. The number of hydrogen-bond donors (Lipinski definition) is 0. The predicted octanol–water partition coefficient (Wildman–Crippen LogP) is 2.01. The molecule has 19 heavy (non-hydrogen) atoms. The largest absolute Gasteiger partial charge is 0.493 e. The van der Waals surface area contributed by atoms with Crippen LogP contribution in [-0.4, -0.2) is 37.8 Å². The Morgan fingerprint density at radius 2 is 2.32 bits per heavy atom. The Morgan fingerprint density at radius 1 is 1.47 bits per heavy atom. The van der Waals surface area contributed by atoms with Crippen molar-refractivity contribution in [2.24, 2.45) is 0 Å². The second kappa shape index (κ2) is 6.41. The van der Waals surface area contributed by atoms with Gasteiger partial charge in [0.2, 0.25) is 0 Å². The van der Waals surface area contributed by atoms with Crippen LogP contribution < -0.4 is 9.64 Å². The summed E-state index contributed by atoms with van der Waals surface area (Å²) in [6, 6.07) is 3.89. The van der Waals surface area contributed by atoms with Crippen LogP contribution in [0.2, 0.25) is 0 Å². The lowest BCUT2D eigenvalue weighted by Gasteiger charge is -2.36. The summed E-state index contributed by atoms with van der Waals surface area (Å²) >= 11 is 0. The van der Waals surface area contributed by atoms with E-state index in [1.807, 2.05) is 12.1 Å². The van der Waals surface area contributed by atoms with Crippen molar-refractivity contribution in [3.63, 3.8) is 0 Å². The number of anilines is 1. The molecular weight excluding hydrogens is 244 g/mol. The zero-order valence-corrected chi connectivity index (χ0v) is 11.5. The lowest BCUT2D eigenvalue weighted by molar-refractivity contribution is -0.141. The maximum atomic E-state index is 11.5. The highest BCUT2D eigenvalue weighted by Gasteiger charge is 2.27. The fourth-order valence-electron chi connectivity index (χ4n) is 2.52. The van der Waals surface area contributed by atoms with Crippen molar-refractivity contribution in [3.8, 4) is 5.75 Å². The van der Waals surface area contributed by atoms with Crippen molar-refractivity contribution < 1.29 is 14.3 Å². The molecule has 0 N–H and O–H groups in total. The molecule has 0 aromatic carbocycles. The number of pyridine rings is 1. The fraction of sp³-hybridized carbons (Fsp3) is 0.571. The Morgan fingerprint density at radius 3 is 3.05 bits per heavy atom. The van der Waals surface area contributed by atoms with Crippen LogP contribution >= 0.6 is 0 Å². The summed E-state index contributed by atoms with van der Waals surface area (Å²) in [5.74, 6) is 1.39. The molecule has 1 unspecified atom stereocenters. The molecule has 5 nitrogen and oxygen atoms in total. The van der Waals surface area contributed by atoms with Gasteiger partial charge in [0, 0.05) is 18.8 Å². The van der Waals surface area contributed by atoms with E-state index in [0.29, 0.717) is 6.42 Å². The number of hydrogen-bond acceptors (Lipinski definition) is 5. The van der Waals surface area contributed by atoms with Gasteiger partial charge in [-0.25, -0.2) is 4.98 Å². The smallest absolute Gasteiger partial charge is 0.307 e. The van der Waals surface area contributed by atoms with Crippen LogP contribution in [0.4, 0.5) is 5.82 Å². The maximum absolute atomic E-state index is 11.5. The van der Waals surface area contributed by atoms with Gasteiger partial charge in [-0.2, -0.15) is 0 Å². The lowest BCUT2D eigenvalue weighted by Crippen LogP contribution is -2.41. The van der Waals surface area contributed by atoms with Crippen molar-refractivity contribution in [3.05, 3.63) is 18.3 Å². The number of esters is 1. The first-order valence-electron chi connectivity index (χ1n) is 6.58. The molecule has 0 aliphatic carbocycles. The van der Waals surface area contributed by atoms with Crippen LogP contribution in [0.1, 0.15) is 25.7 Å². The highest BCUT2D eigenvalue weighted by atomic mass is 16.5. The van der Waals surface area contributed by atoms with Crippen molar-refractivity contribution in [1.82, 2.24) is 4.98 Å². The highest BCUT2D eigenvalue weighted by molar-refractivity contribution is 5.71. The minimum absolute atomic E-state index is 0.144. The van der Waals surface area contributed by atoms with Crippen LogP contribution in [0.25, 0.3) is 0 Å². The molecule has 0 amide bonds. The number of carbonyl (C=O) groups excluding carboxylic acids is 1. The minimum Gasteiger partial charge on any atom is -0.493 e. The number of rotatable bonds is 4. The third kappa shape index (κ3) is 3.16. The molecule has 0 bridgehead atoms. The van der Waals surface area contributed by atoms with Gasteiger partial charge in [-0.15, -0.1) is 0 Å². The summed E-state index contributed by atoms with van der Waals surface area (Å²) in [6.45, 7) is 0.898. The molecule has 1 aromatic heterocycles. The van der Waals surface area contributed by atoms with Crippen molar-refractivity contribution in [2.75, 3.05) is 25.7 Å². The average molecular weight is 264 g/mol. The molecule has 104 valence electrons. The van der Waals surface area contributed by atoms with Gasteiger partial charge < -0.3 is 14.4 Å². The summed E-state index contributed by atoms with van der Waals surface area (Å²) < 4.78 is 10.1. The molecule has 1 atom stereocenters. The Bertz CT molecular complexity index is 436. The van der Waals surface area contributed by atoms with Crippen molar-refractivity contribution in [2.45, 2.75) is 31.7 Å². The highest BCUT2D eigenvalue weighted by Crippen LogP contribution is 2.31. The molecule has 1 aliphatic heterocycles. The predicted molar refractivity (Wildman–Crippen MR) is 72.4 cm³/mol. The molecule has 1 saturated heterocycles. The van der Waals surface area contributed by atoms with Crippen LogP contribution in [0, 0.1) is 0 Å². The molecule has 1 fully saturated rings. The molecule has 0 saturated carbocycles. The van der Waals surface area contributed by atoms with Crippen LogP contribution in [0.5, 0.6) is 5.75 Å². The number of methoxy groups -OCH3 is 2. The van der Waals surface area contributed by atoms with Gasteiger partial charge in [-0.05, 0) is 31.4 Å². The molecular formula is C14H20N2O3. The number of piperidine rings is 1. The summed E-state index contributed by atoms with van der Waals surface area (Å²) in [4.78, 5) is 18.1. The Kier molecular flexibility index (Phi) is 4.60. The van der Waals surface area contributed by atoms with Crippen molar-refractivity contribution in [1.29, 1.82) is 0 Å². The van der Waals surface area contributed by atoms with Gasteiger partial charge >= 0.3 is 5.97 Å². The van der Waals surface area contributed by atoms with Crippen LogP contribution in [0.15, 0.2) is 18.3 Å². The zero-order chi connectivity index (χ0) is 13.7. The summed E-state index contributed by atoms with van der Waals surface area (Å²) in [7, 11) is 3.07. The van der Waals surface area contributed by atoms with E-state index >= 15 is 0 Å². The Balaban J connectivity index is 2.21. The zero-order valence-electron chi connectivity index (χ0n) is 11.5. The first kappa shape index (κ1) is 13.6. The monoisotopic (exact) mass is 264 g/mol. The van der Waals surface area contributed by atoms with Crippen LogP contribution in [-0.2, 0) is 9.53 Å². The lowest BCUT2D eigenvalue weighted by atomic mass is 9.99. The summed E-state index contributed by atoms with van der Waals surface area (Å²) in [5, 5.41) is 0. The number of aromatic nitrogens is 1. The maximum Gasteiger partial charge on any atom is 0.307 e. The van der Waals surface area contributed by atoms with Crippen LogP contribution in [0.3, 0.4) is 0 Å². The minimum atomic E-state index is -0.174. The SMILES string of the molecule is COC(=O)CC1CCCCN1c1ncccc1OC. The van der Waals surface area contributed by atoms with E-state index in [9.17, 15) is 4.79 Å². The molecule has 1 aliphatic rings. The van der Waals surface area contributed by atoms with E-state index in [0.717, 1.165) is 37.4 Å². The standard InChI is InChI=1S/C14H20N2O3/c1-18-12-7-5-8-15-14(12)16-9-4-3-6-11(16)10-13(17)19-2/h5,7-8,11H,3-4,6,9-10H2,1-2H3. The normalized spacial score (nSPS) is 19.1. The van der Waals surface area contributed by atoms with E-state index in [1.54, 1.807) is 13.3 Å². The van der Waals surface area contributed by atoms with Gasteiger partial charge in [-0.3, -0.25) is 4.79 Å². The van der Waals surface area contributed by atoms with Gasteiger partial charge in [0.05, 0.1) is 20.6 Å². The first-order chi connectivity index (χ1) is 9.26. The summed E-state index contributed by atoms with van der Waals surface area (Å²) in [5.41, 5.74) is 0. The quantitative estimate of drug-likeness (QED) is 0.779. The number of carbonyl (C=O) groups is 1. The third-order valence-electron chi connectivity index (χ3n) is 3.50. The first-order valence-corrected chi connectivity index (χ1v) is 6.58. The molecule has 0 spiro atoms. The van der Waals surface area contributed by atoms with Crippen molar-refractivity contribution >= 4 is 11.8 Å². The van der Waals surface area contributed by atoms with E-state index in [2.05, 4.69) is 9.88 Å². The van der Waals surface area contributed by atoms with E-state index in [4.69, 9.17) is 9.47 Å². The van der Waals surface area contributed by atoms with Gasteiger partial charge in [0.15, 0.2) is 11.6 Å². The summed E-state index contributed by atoms with van der Waals surface area (Å²) in [6.07, 6.45) is 5.37. The van der Waals surface area contributed by atoms with E-state index in [1.165, 1.54) is 7.11 Å². The second-order valence-corrected chi connectivity index (χ2v) is 4.65. The van der Waals surface area contributed by atoms with Gasteiger partial charge in [0.1, 0.15) is 0 Å².